The van der Waals surface area contributed by atoms with Crippen molar-refractivity contribution < 1.29 is 9.53 Å². The average Bonchev–Trinajstić information content (AvgIpc) is 2.27. The van der Waals surface area contributed by atoms with E-state index in [1.54, 1.807) is 0 Å². The monoisotopic (exact) mass is 299 g/mol. The van der Waals surface area contributed by atoms with Gasteiger partial charge in [0.2, 0.25) is 0 Å². The maximum absolute atomic E-state index is 11.4. The van der Waals surface area contributed by atoms with Crippen LogP contribution in [0.15, 0.2) is 28.7 Å². The maximum Gasteiger partial charge on any atom is 0.320 e. The molecule has 1 aromatic carbocycles. The molecule has 0 spiro atoms. The van der Waals surface area contributed by atoms with Crippen molar-refractivity contribution in [3.63, 3.8) is 0 Å². The van der Waals surface area contributed by atoms with Gasteiger partial charge in [0, 0.05) is 10.0 Å². The van der Waals surface area contributed by atoms with E-state index < -0.39 is 0 Å². The molecule has 94 valence electrons. The van der Waals surface area contributed by atoms with Gasteiger partial charge in [0.25, 0.3) is 0 Å². The van der Waals surface area contributed by atoms with Crippen LogP contribution in [0.4, 0.5) is 0 Å². The Morgan fingerprint density at radius 2 is 2.12 bits per heavy atom. The smallest absolute Gasteiger partial charge is 0.320 e. The van der Waals surface area contributed by atoms with Crippen molar-refractivity contribution in [2.24, 2.45) is 5.92 Å². The van der Waals surface area contributed by atoms with Gasteiger partial charge in [0.05, 0.1) is 6.54 Å². The molecule has 0 aliphatic rings. The Bertz CT molecular complexity index is 366. The molecule has 1 rings (SSSR count). The van der Waals surface area contributed by atoms with E-state index in [1.807, 2.05) is 24.3 Å². The molecular weight excluding hydrogens is 282 g/mol. The minimum atomic E-state index is -0.221. The van der Waals surface area contributed by atoms with E-state index in [0.717, 1.165) is 16.6 Å². The van der Waals surface area contributed by atoms with Crippen LogP contribution < -0.4 is 5.32 Å². The number of hydrogen-bond donors (Lipinski definition) is 1. The van der Waals surface area contributed by atoms with Crippen molar-refractivity contribution in [2.45, 2.75) is 20.5 Å². The fraction of sp³-hybridized carbons (Fsp3) is 0.462. The fourth-order valence-corrected chi connectivity index (χ4v) is 1.69. The van der Waals surface area contributed by atoms with Gasteiger partial charge in [-0.2, -0.15) is 0 Å². The van der Waals surface area contributed by atoms with E-state index in [-0.39, 0.29) is 12.5 Å². The van der Waals surface area contributed by atoms with E-state index in [2.05, 4.69) is 35.1 Å². The molecule has 0 unspecified atom stereocenters. The summed E-state index contributed by atoms with van der Waals surface area (Å²) in [4.78, 5) is 11.4. The van der Waals surface area contributed by atoms with Crippen LogP contribution in [0.1, 0.15) is 19.4 Å². The Kier molecular flexibility index (Phi) is 6.22. The van der Waals surface area contributed by atoms with Crippen molar-refractivity contribution in [1.29, 1.82) is 0 Å². The van der Waals surface area contributed by atoms with Crippen molar-refractivity contribution in [1.82, 2.24) is 5.32 Å². The van der Waals surface area contributed by atoms with E-state index in [0.29, 0.717) is 12.5 Å². The van der Waals surface area contributed by atoms with Crippen LogP contribution in [-0.4, -0.2) is 19.1 Å². The first kappa shape index (κ1) is 14.2. The highest BCUT2D eigenvalue weighted by Crippen LogP contribution is 2.16. The van der Waals surface area contributed by atoms with Gasteiger partial charge in [0.1, 0.15) is 6.61 Å². The van der Waals surface area contributed by atoms with E-state index in [4.69, 9.17) is 4.74 Å². The molecule has 0 bridgehead atoms. The summed E-state index contributed by atoms with van der Waals surface area (Å²) in [5.41, 5.74) is 0.977. The van der Waals surface area contributed by atoms with Gasteiger partial charge >= 0.3 is 5.97 Å². The number of halogens is 1. The molecule has 0 fully saturated rings. The highest BCUT2D eigenvalue weighted by molar-refractivity contribution is 9.10. The summed E-state index contributed by atoms with van der Waals surface area (Å²) >= 11 is 3.41. The van der Waals surface area contributed by atoms with Gasteiger partial charge in [-0.3, -0.25) is 4.79 Å². The van der Waals surface area contributed by atoms with Crippen molar-refractivity contribution in [3.8, 4) is 0 Å². The number of esters is 1. The zero-order valence-electron chi connectivity index (χ0n) is 10.2. The zero-order valence-corrected chi connectivity index (χ0v) is 11.8. The van der Waals surface area contributed by atoms with Crippen LogP contribution in [0.2, 0.25) is 0 Å². The van der Waals surface area contributed by atoms with Crippen LogP contribution in [-0.2, 0) is 16.1 Å². The first-order valence-electron chi connectivity index (χ1n) is 5.69. The number of ether oxygens (including phenoxy) is 1. The highest BCUT2D eigenvalue weighted by atomic mass is 79.9. The summed E-state index contributed by atoms with van der Waals surface area (Å²) in [6, 6.07) is 7.71. The molecule has 0 heterocycles. The second-order valence-electron chi connectivity index (χ2n) is 4.28. The highest BCUT2D eigenvalue weighted by Gasteiger charge is 2.05. The third kappa shape index (κ3) is 5.84. The Morgan fingerprint density at radius 1 is 1.41 bits per heavy atom. The van der Waals surface area contributed by atoms with E-state index in [9.17, 15) is 4.79 Å². The lowest BCUT2D eigenvalue weighted by Gasteiger charge is -2.08. The predicted octanol–water partition coefficient (Wildman–Crippen LogP) is 2.74. The SMILES string of the molecule is CC(C)CNCC(=O)OCc1ccccc1Br. The Labute approximate surface area is 111 Å². The lowest BCUT2D eigenvalue weighted by molar-refractivity contribution is -0.143. The normalized spacial score (nSPS) is 10.6. The largest absolute Gasteiger partial charge is 0.460 e. The third-order valence-corrected chi connectivity index (χ3v) is 2.94. The number of carbonyl (C=O) groups is 1. The molecule has 17 heavy (non-hydrogen) atoms. The van der Waals surface area contributed by atoms with Crippen molar-refractivity contribution in [3.05, 3.63) is 34.3 Å². The Hall–Kier alpha value is -0.870. The quantitative estimate of drug-likeness (QED) is 0.821. The Balaban J connectivity index is 2.26. The van der Waals surface area contributed by atoms with Crippen LogP contribution in [0.25, 0.3) is 0 Å². The topological polar surface area (TPSA) is 38.3 Å². The van der Waals surface area contributed by atoms with Crippen LogP contribution in [0, 0.1) is 5.92 Å². The molecule has 3 nitrogen and oxygen atoms in total. The summed E-state index contributed by atoms with van der Waals surface area (Å²) in [6.45, 7) is 5.59. The van der Waals surface area contributed by atoms with Crippen LogP contribution in [0.3, 0.4) is 0 Å². The van der Waals surface area contributed by atoms with Gasteiger partial charge in [-0.05, 0) is 18.5 Å². The molecule has 1 N–H and O–H groups in total. The summed E-state index contributed by atoms with van der Waals surface area (Å²) < 4.78 is 6.12. The second-order valence-corrected chi connectivity index (χ2v) is 5.13. The molecule has 0 aromatic heterocycles. The summed E-state index contributed by atoms with van der Waals surface area (Å²) in [5, 5.41) is 3.05. The molecule has 0 saturated heterocycles. The van der Waals surface area contributed by atoms with E-state index in [1.165, 1.54) is 0 Å². The number of nitrogens with one attached hydrogen (secondary N) is 1. The lowest BCUT2D eigenvalue weighted by Crippen LogP contribution is -2.27. The molecule has 4 heteroatoms. The van der Waals surface area contributed by atoms with Gasteiger partial charge in [-0.25, -0.2) is 0 Å². The molecule has 0 amide bonds. The first-order valence-corrected chi connectivity index (χ1v) is 6.48. The number of carbonyl (C=O) groups excluding carboxylic acids is 1. The molecule has 0 radical (unpaired) electrons. The van der Waals surface area contributed by atoms with Gasteiger partial charge in [-0.15, -0.1) is 0 Å². The predicted molar refractivity (Wildman–Crippen MR) is 71.6 cm³/mol. The summed E-state index contributed by atoms with van der Waals surface area (Å²) in [6.07, 6.45) is 0. The average molecular weight is 300 g/mol. The van der Waals surface area contributed by atoms with Gasteiger partial charge in [0.15, 0.2) is 0 Å². The second kappa shape index (κ2) is 7.45. The number of benzene rings is 1. The molecule has 0 aliphatic carbocycles. The van der Waals surface area contributed by atoms with Crippen LogP contribution in [0.5, 0.6) is 0 Å². The molecule has 0 aliphatic heterocycles. The standard InChI is InChI=1S/C13H18BrNO2/c1-10(2)7-15-8-13(16)17-9-11-5-3-4-6-12(11)14/h3-6,10,15H,7-9H2,1-2H3. The van der Waals surface area contributed by atoms with Gasteiger partial charge < -0.3 is 10.1 Å². The Morgan fingerprint density at radius 3 is 2.76 bits per heavy atom. The summed E-state index contributed by atoms with van der Waals surface area (Å²) in [5.74, 6) is 0.312. The lowest BCUT2D eigenvalue weighted by atomic mass is 10.2. The minimum Gasteiger partial charge on any atom is -0.460 e. The summed E-state index contributed by atoms with van der Waals surface area (Å²) in [7, 11) is 0. The fourth-order valence-electron chi connectivity index (χ4n) is 1.29. The van der Waals surface area contributed by atoms with Crippen molar-refractivity contribution >= 4 is 21.9 Å². The van der Waals surface area contributed by atoms with Crippen LogP contribution >= 0.6 is 15.9 Å². The van der Waals surface area contributed by atoms with Gasteiger partial charge in [-0.1, -0.05) is 48.0 Å². The molecule has 0 saturated carbocycles. The minimum absolute atomic E-state index is 0.221. The molecular formula is C13H18BrNO2. The zero-order chi connectivity index (χ0) is 12.7. The maximum atomic E-state index is 11.4. The molecule has 1 aromatic rings. The van der Waals surface area contributed by atoms with Crippen molar-refractivity contribution in [2.75, 3.05) is 13.1 Å². The first-order chi connectivity index (χ1) is 8.09. The van der Waals surface area contributed by atoms with E-state index >= 15 is 0 Å². The third-order valence-electron chi connectivity index (χ3n) is 2.17. The number of rotatable bonds is 6. The molecule has 0 atom stereocenters. The number of hydrogen-bond acceptors (Lipinski definition) is 3.